The average Bonchev–Trinajstić information content (AvgIpc) is 3.20. The number of amides is 1. The van der Waals surface area contributed by atoms with Crippen LogP contribution in [0.1, 0.15) is 23.2 Å². The number of nitrogens with zero attached hydrogens (tertiary/aromatic N) is 1. The van der Waals surface area contributed by atoms with Gasteiger partial charge in [-0.05, 0) is 30.9 Å². The number of rotatable bonds is 5. The third-order valence-corrected chi connectivity index (χ3v) is 3.07. The maximum absolute atomic E-state index is 11.7. The van der Waals surface area contributed by atoms with Gasteiger partial charge >= 0.3 is 0 Å². The Morgan fingerprint density at radius 1 is 1.44 bits per heavy atom. The Morgan fingerprint density at radius 3 is 2.56 bits per heavy atom. The van der Waals surface area contributed by atoms with Gasteiger partial charge < -0.3 is 11.1 Å². The molecule has 96 valence electrons. The predicted octanol–water partition coefficient (Wildman–Crippen LogP) is 1.06. The van der Waals surface area contributed by atoms with E-state index in [1.807, 2.05) is 0 Å². The number of hydrogen-bond donors (Lipinski definition) is 2. The van der Waals surface area contributed by atoms with E-state index in [-0.39, 0.29) is 17.6 Å². The highest BCUT2D eigenvalue weighted by atomic mass is 16.6. The van der Waals surface area contributed by atoms with Crippen LogP contribution in [0.25, 0.3) is 0 Å². The van der Waals surface area contributed by atoms with E-state index >= 15 is 0 Å². The molecule has 6 heteroatoms. The zero-order valence-corrected chi connectivity index (χ0v) is 9.83. The molecule has 18 heavy (non-hydrogen) atoms. The summed E-state index contributed by atoms with van der Waals surface area (Å²) in [5, 5.41) is 13.2. The van der Waals surface area contributed by atoms with Crippen molar-refractivity contribution in [1.82, 2.24) is 5.32 Å². The van der Waals surface area contributed by atoms with Crippen molar-refractivity contribution < 1.29 is 9.72 Å². The molecule has 0 radical (unpaired) electrons. The molecule has 6 nitrogen and oxygen atoms in total. The fraction of sp³-hybridized carbons (Fsp3) is 0.417. The molecule has 2 rings (SSSR count). The van der Waals surface area contributed by atoms with Crippen molar-refractivity contribution in [2.45, 2.75) is 18.9 Å². The molecule has 1 atom stereocenters. The van der Waals surface area contributed by atoms with Crippen LogP contribution in [0.4, 0.5) is 5.69 Å². The molecule has 0 heterocycles. The number of non-ortho nitro benzene ring substituents is 1. The van der Waals surface area contributed by atoms with E-state index in [0.29, 0.717) is 18.0 Å². The van der Waals surface area contributed by atoms with E-state index in [1.165, 1.54) is 24.3 Å². The van der Waals surface area contributed by atoms with Gasteiger partial charge in [-0.15, -0.1) is 0 Å². The number of hydrogen-bond acceptors (Lipinski definition) is 4. The van der Waals surface area contributed by atoms with Gasteiger partial charge in [0, 0.05) is 30.3 Å². The first kappa shape index (κ1) is 12.5. The molecule has 1 saturated carbocycles. The Kier molecular flexibility index (Phi) is 3.57. The summed E-state index contributed by atoms with van der Waals surface area (Å²) in [5.41, 5.74) is 6.24. The van der Waals surface area contributed by atoms with E-state index in [4.69, 9.17) is 5.73 Å². The Hall–Kier alpha value is -1.95. The van der Waals surface area contributed by atoms with Crippen LogP contribution in [0.3, 0.4) is 0 Å². The lowest BCUT2D eigenvalue weighted by molar-refractivity contribution is -0.384. The van der Waals surface area contributed by atoms with Gasteiger partial charge in [-0.3, -0.25) is 14.9 Å². The van der Waals surface area contributed by atoms with Gasteiger partial charge in [-0.1, -0.05) is 0 Å². The van der Waals surface area contributed by atoms with Crippen molar-refractivity contribution in [3.8, 4) is 0 Å². The predicted molar refractivity (Wildman–Crippen MR) is 66.1 cm³/mol. The number of nitrogens with one attached hydrogen (secondary N) is 1. The molecule has 1 unspecified atom stereocenters. The number of carbonyl (C=O) groups is 1. The van der Waals surface area contributed by atoms with E-state index in [9.17, 15) is 14.9 Å². The Balaban J connectivity index is 1.89. The minimum absolute atomic E-state index is 0.00648. The summed E-state index contributed by atoms with van der Waals surface area (Å²) in [6.07, 6.45) is 2.27. The van der Waals surface area contributed by atoms with Crippen LogP contribution in [0.5, 0.6) is 0 Å². The number of nitro benzene ring substituents is 1. The molecular formula is C12H15N3O3. The van der Waals surface area contributed by atoms with Gasteiger partial charge in [0.1, 0.15) is 0 Å². The van der Waals surface area contributed by atoms with Crippen LogP contribution in [-0.2, 0) is 0 Å². The highest BCUT2D eigenvalue weighted by Gasteiger charge is 2.28. The molecule has 0 spiro atoms. The van der Waals surface area contributed by atoms with Crippen LogP contribution in [0.15, 0.2) is 24.3 Å². The smallest absolute Gasteiger partial charge is 0.269 e. The summed E-state index contributed by atoms with van der Waals surface area (Å²) < 4.78 is 0. The molecule has 1 fully saturated rings. The Labute approximate surface area is 104 Å². The van der Waals surface area contributed by atoms with Crippen molar-refractivity contribution in [2.24, 2.45) is 11.7 Å². The van der Waals surface area contributed by atoms with Crippen molar-refractivity contribution in [3.05, 3.63) is 39.9 Å². The zero-order chi connectivity index (χ0) is 13.1. The summed E-state index contributed by atoms with van der Waals surface area (Å²) in [5.74, 6) is 0.281. The molecular weight excluding hydrogens is 234 g/mol. The van der Waals surface area contributed by atoms with Crippen LogP contribution in [0, 0.1) is 16.0 Å². The number of nitrogens with two attached hydrogens (primary N) is 1. The first-order valence-corrected chi connectivity index (χ1v) is 5.86. The average molecular weight is 249 g/mol. The Bertz CT molecular complexity index is 454. The number of nitro groups is 1. The first-order chi connectivity index (χ1) is 8.58. The standard InChI is InChI=1S/C12H15N3O3/c13-11(8-1-2-8)7-14-12(16)9-3-5-10(6-4-9)15(17)18/h3-6,8,11H,1-2,7,13H2,(H,14,16). The molecule has 1 aliphatic rings. The second kappa shape index (κ2) is 5.14. The summed E-state index contributed by atoms with van der Waals surface area (Å²) >= 11 is 0. The number of carbonyl (C=O) groups excluding carboxylic acids is 1. The summed E-state index contributed by atoms with van der Waals surface area (Å²) in [4.78, 5) is 21.7. The maximum Gasteiger partial charge on any atom is 0.269 e. The molecule has 0 bridgehead atoms. The molecule has 1 aromatic carbocycles. The van der Waals surface area contributed by atoms with Gasteiger partial charge in [0.2, 0.25) is 0 Å². The molecule has 0 aromatic heterocycles. The van der Waals surface area contributed by atoms with Crippen LogP contribution in [0.2, 0.25) is 0 Å². The maximum atomic E-state index is 11.7. The van der Waals surface area contributed by atoms with Crippen LogP contribution in [-0.4, -0.2) is 23.4 Å². The van der Waals surface area contributed by atoms with Crippen molar-refractivity contribution >= 4 is 11.6 Å². The van der Waals surface area contributed by atoms with Crippen molar-refractivity contribution in [3.63, 3.8) is 0 Å². The fourth-order valence-corrected chi connectivity index (χ4v) is 1.74. The number of benzene rings is 1. The lowest BCUT2D eigenvalue weighted by Crippen LogP contribution is -2.38. The summed E-state index contributed by atoms with van der Waals surface area (Å²) in [7, 11) is 0. The second-order valence-electron chi connectivity index (χ2n) is 4.52. The third-order valence-electron chi connectivity index (χ3n) is 3.07. The highest BCUT2D eigenvalue weighted by molar-refractivity contribution is 5.94. The molecule has 1 aromatic rings. The van der Waals surface area contributed by atoms with E-state index < -0.39 is 4.92 Å². The van der Waals surface area contributed by atoms with E-state index in [0.717, 1.165) is 12.8 Å². The summed E-state index contributed by atoms with van der Waals surface area (Å²) in [6, 6.07) is 5.52. The van der Waals surface area contributed by atoms with Gasteiger partial charge in [0.25, 0.3) is 11.6 Å². The molecule has 0 aliphatic heterocycles. The first-order valence-electron chi connectivity index (χ1n) is 5.86. The molecule has 1 aliphatic carbocycles. The lowest BCUT2D eigenvalue weighted by atomic mass is 10.1. The molecule has 3 N–H and O–H groups in total. The fourth-order valence-electron chi connectivity index (χ4n) is 1.74. The van der Waals surface area contributed by atoms with Gasteiger partial charge in [-0.2, -0.15) is 0 Å². The van der Waals surface area contributed by atoms with E-state index in [2.05, 4.69) is 5.32 Å². The second-order valence-corrected chi connectivity index (χ2v) is 4.52. The summed E-state index contributed by atoms with van der Waals surface area (Å²) in [6.45, 7) is 0.445. The minimum Gasteiger partial charge on any atom is -0.350 e. The van der Waals surface area contributed by atoms with Gasteiger partial charge in [0.05, 0.1) is 4.92 Å². The molecule has 0 saturated heterocycles. The zero-order valence-electron chi connectivity index (χ0n) is 9.83. The third kappa shape index (κ3) is 3.04. The Morgan fingerprint density at radius 2 is 2.06 bits per heavy atom. The van der Waals surface area contributed by atoms with Crippen molar-refractivity contribution in [2.75, 3.05) is 6.54 Å². The SMILES string of the molecule is NC(CNC(=O)c1ccc([N+](=O)[O-])cc1)C1CC1. The van der Waals surface area contributed by atoms with Crippen LogP contribution < -0.4 is 11.1 Å². The van der Waals surface area contributed by atoms with Gasteiger partial charge in [0.15, 0.2) is 0 Å². The van der Waals surface area contributed by atoms with E-state index in [1.54, 1.807) is 0 Å². The lowest BCUT2D eigenvalue weighted by Gasteiger charge is -2.11. The minimum atomic E-state index is -0.495. The van der Waals surface area contributed by atoms with Crippen LogP contribution >= 0.6 is 0 Å². The molecule has 1 amide bonds. The largest absolute Gasteiger partial charge is 0.350 e. The quantitative estimate of drug-likeness (QED) is 0.602. The van der Waals surface area contributed by atoms with Crippen molar-refractivity contribution in [1.29, 1.82) is 0 Å². The van der Waals surface area contributed by atoms with Gasteiger partial charge in [-0.25, -0.2) is 0 Å². The highest BCUT2D eigenvalue weighted by Crippen LogP contribution is 2.31. The monoisotopic (exact) mass is 249 g/mol. The normalized spacial score (nSPS) is 16.1. The topological polar surface area (TPSA) is 98.3 Å².